The highest BCUT2D eigenvalue weighted by Crippen LogP contribution is 2.43. The van der Waals surface area contributed by atoms with E-state index in [1.54, 1.807) is 19.9 Å². The van der Waals surface area contributed by atoms with Crippen LogP contribution in [0.5, 0.6) is 0 Å². The van der Waals surface area contributed by atoms with Crippen LogP contribution in [0, 0.1) is 27.4 Å². The second-order valence-corrected chi connectivity index (χ2v) is 6.09. The molecule has 1 aromatic carbocycles. The van der Waals surface area contributed by atoms with Gasteiger partial charge in [0.1, 0.15) is 12.5 Å². The lowest BCUT2D eigenvalue weighted by Crippen LogP contribution is -2.36. The van der Waals surface area contributed by atoms with Gasteiger partial charge in [-0.2, -0.15) is 5.26 Å². The van der Waals surface area contributed by atoms with Crippen LogP contribution in [-0.2, 0) is 19.1 Å². The summed E-state index contributed by atoms with van der Waals surface area (Å²) in [5.74, 6) is -3.46. The first-order chi connectivity index (χ1) is 13.3. The van der Waals surface area contributed by atoms with E-state index in [0.717, 1.165) is 0 Å². The van der Waals surface area contributed by atoms with Crippen LogP contribution < -0.4 is 0 Å². The molecule has 0 saturated heterocycles. The number of nitriles is 1. The molecule has 0 amide bonds. The van der Waals surface area contributed by atoms with Crippen LogP contribution in [0.25, 0.3) is 0 Å². The molecule has 1 aromatic rings. The standard InChI is InChI=1S/C19H19N3O6/c1-11-15(18(23)27-3)17(13-7-4-5-8-14(13)22(25)26)16(12(2)21-11)19(24)28-10-6-9-20/h4-5,7-8,15,17H,6,10H2,1-3H3. The molecule has 0 radical (unpaired) electrons. The topological polar surface area (TPSA) is 132 Å². The minimum atomic E-state index is -1.02. The zero-order valence-corrected chi connectivity index (χ0v) is 15.7. The summed E-state index contributed by atoms with van der Waals surface area (Å²) in [5.41, 5.74) is 0.659. The van der Waals surface area contributed by atoms with E-state index >= 15 is 0 Å². The maximum atomic E-state index is 12.7. The van der Waals surface area contributed by atoms with E-state index in [-0.39, 0.29) is 29.9 Å². The molecule has 0 saturated carbocycles. The molecule has 0 aromatic heterocycles. The van der Waals surface area contributed by atoms with Gasteiger partial charge in [0.25, 0.3) is 5.69 Å². The molecule has 0 bridgehead atoms. The molecular formula is C19H19N3O6. The molecule has 0 spiro atoms. The first-order valence-electron chi connectivity index (χ1n) is 8.44. The Labute approximate surface area is 161 Å². The van der Waals surface area contributed by atoms with Crippen molar-refractivity contribution in [3.8, 4) is 6.07 Å². The number of methoxy groups -OCH3 is 1. The Hall–Kier alpha value is -3.54. The molecule has 146 valence electrons. The molecule has 2 rings (SSSR count). The normalized spacial score (nSPS) is 18.7. The van der Waals surface area contributed by atoms with E-state index in [4.69, 9.17) is 14.7 Å². The number of nitrogens with zero attached hydrogens (tertiary/aromatic N) is 3. The average Bonchev–Trinajstić information content (AvgIpc) is 2.66. The van der Waals surface area contributed by atoms with Crippen molar-refractivity contribution in [1.82, 2.24) is 0 Å². The van der Waals surface area contributed by atoms with Gasteiger partial charge in [-0.1, -0.05) is 18.2 Å². The molecule has 9 heteroatoms. The number of rotatable bonds is 6. The van der Waals surface area contributed by atoms with E-state index < -0.39 is 28.7 Å². The Balaban J connectivity index is 2.67. The lowest BCUT2D eigenvalue weighted by molar-refractivity contribution is -0.385. The zero-order valence-electron chi connectivity index (χ0n) is 15.7. The molecule has 1 aliphatic heterocycles. The fraction of sp³-hybridized carbons (Fsp3) is 0.368. The predicted molar refractivity (Wildman–Crippen MR) is 98.3 cm³/mol. The molecule has 0 N–H and O–H groups in total. The SMILES string of the molecule is COC(=O)C1C(C)=NC(C)=C(C(=O)OCCC#N)C1c1ccccc1[N+](=O)[O-]. The van der Waals surface area contributed by atoms with Crippen molar-refractivity contribution in [3.05, 3.63) is 51.2 Å². The van der Waals surface area contributed by atoms with Gasteiger partial charge in [0.05, 0.1) is 30.1 Å². The predicted octanol–water partition coefficient (Wildman–Crippen LogP) is 2.67. The maximum absolute atomic E-state index is 12.7. The molecule has 1 heterocycles. The van der Waals surface area contributed by atoms with Crippen LogP contribution in [0.2, 0.25) is 0 Å². The van der Waals surface area contributed by atoms with Crippen LogP contribution in [-0.4, -0.2) is 36.3 Å². The third kappa shape index (κ3) is 4.06. The number of benzene rings is 1. The van der Waals surface area contributed by atoms with Crippen molar-refractivity contribution in [3.63, 3.8) is 0 Å². The average molecular weight is 385 g/mol. The number of para-hydroxylation sites is 1. The Morgan fingerprint density at radius 1 is 1.32 bits per heavy atom. The first-order valence-corrected chi connectivity index (χ1v) is 8.44. The van der Waals surface area contributed by atoms with Crippen molar-refractivity contribution >= 4 is 23.3 Å². The number of nitro groups is 1. The van der Waals surface area contributed by atoms with E-state index in [2.05, 4.69) is 4.99 Å². The van der Waals surface area contributed by atoms with Crippen LogP contribution in [0.1, 0.15) is 31.7 Å². The minimum absolute atomic E-state index is 0.00303. The molecule has 28 heavy (non-hydrogen) atoms. The fourth-order valence-corrected chi connectivity index (χ4v) is 3.25. The Bertz CT molecular complexity index is 912. The zero-order chi connectivity index (χ0) is 20.8. The van der Waals surface area contributed by atoms with Gasteiger partial charge in [-0.15, -0.1) is 0 Å². The second kappa shape index (κ2) is 8.90. The first kappa shape index (κ1) is 20.8. The number of hydrogen-bond acceptors (Lipinski definition) is 8. The van der Waals surface area contributed by atoms with Crippen LogP contribution in [0.3, 0.4) is 0 Å². The van der Waals surface area contributed by atoms with Crippen LogP contribution in [0.4, 0.5) is 5.69 Å². The Kier molecular flexibility index (Phi) is 6.60. The van der Waals surface area contributed by atoms with Gasteiger partial charge >= 0.3 is 11.9 Å². The van der Waals surface area contributed by atoms with Crippen molar-refractivity contribution in [2.24, 2.45) is 10.9 Å². The monoisotopic (exact) mass is 385 g/mol. The maximum Gasteiger partial charge on any atom is 0.336 e. The number of ether oxygens (including phenoxy) is 2. The van der Waals surface area contributed by atoms with Gasteiger partial charge in [-0.3, -0.25) is 19.9 Å². The Morgan fingerprint density at radius 3 is 2.61 bits per heavy atom. The van der Waals surface area contributed by atoms with Gasteiger partial charge in [-0.05, 0) is 13.8 Å². The number of carbonyl (C=O) groups is 2. The molecule has 2 atom stereocenters. The lowest BCUT2D eigenvalue weighted by atomic mass is 9.75. The number of nitro benzene ring substituents is 1. The number of allylic oxidation sites excluding steroid dienone is 1. The van der Waals surface area contributed by atoms with Crippen molar-refractivity contribution in [2.45, 2.75) is 26.2 Å². The van der Waals surface area contributed by atoms with Crippen molar-refractivity contribution in [2.75, 3.05) is 13.7 Å². The number of carbonyl (C=O) groups excluding carboxylic acids is 2. The molecular weight excluding hydrogens is 366 g/mol. The Morgan fingerprint density at radius 2 is 2.00 bits per heavy atom. The van der Waals surface area contributed by atoms with Gasteiger partial charge in [0, 0.05) is 29.0 Å². The smallest absolute Gasteiger partial charge is 0.336 e. The summed E-state index contributed by atoms with van der Waals surface area (Å²) in [5, 5.41) is 20.2. The summed E-state index contributed by atoms with van der Waals surface area (Å²) < 4.78 is 10.00. The minimum Gasteiger partial charge on any atom is -0.468 e. The van der Waals surface area contributed by atoms with Crippen LogP contribution >= 0.6 is 0 Å². The quantitative estimate of drug-likeness (QED) is 0.318. The third-order valence-corrected chi connectivity index (χ3v) is 4.42. The largest absolute Gasteiger partial charge is 0.468 e. The molecule has 1 aliphatic rings. The van der Waals surface area contributed by atoms with Crippen LogP contribution in [0.15, 0.2) is 40.5 Å². The van der Waals surface area contributed by atoms with Crippen molar-refractivity contribution in [1.29, 1.82) is 5.26 Å². The van der Waals surface area contributed by atoms with Crippen molar-refractivity contribution < 1.29 is 24.0 Å². The summed E-state index contributed by atoms with van der Waals surface area (Å²) in [6.07, 6.45) is -0.00303. The summed E-state index contributed by atoms with van der Waals surface area (Å²) in [6, 6.07) is 7.75. The number of hydrogen-bond donors (Lipinski definition) is 0. The summed E-state index contributed by atoms with van der Waals surface area (Å²) >= 11 is 0. The van der Waals surface area contributed by atoms with E-state index in [9.17, 15) is 19.7 Å². The summed E-state index contributed by atoms with van der Waals surface area (Å²) in [6.45, 7) is 3.03. The molecule has 2 unspecified atom stereocenters. The summed E-state index contributed by atoms with van der Waals surface area (Å²) in [4.78, 5) is 40.5. The fourth-order valence-electron chi connectivity index (χ4n) is 3.25. The molecule has 9 nitrogen and oxygen atoms in total. The molecule has 0 aliphatic carbocycles. The number of esters is 2. The summed E-state index contributed by atoms with van der Waals surface area (Å²) in [7, 11) is 1.20. The number of aliphatic imine (C=N–C) groups is 1. The van der Waals surface area contributed by atoms with E-state index in [0.29, 0.717) is 11.4 Å². The van der Waals surface area contributed by atoms with Gasteiger partial charge in [-0.25, -0.2) is 4.79 Å². The van der Waals surface area contributed by atoms with E-state index in [1.807, 2.05) is 6.07 Å². The van der Waals surface area contributed by atoms with Gasteiger partial charge in [0.15, 0.2) is 0 Å². The highest BCUT2D eigenvalue weighted by atomic mass is 16.6. The second-order valence-electron chi connectivity index (χ2n) is 6.09. The lowest BCUT2D eigenvalue weighted by Gasteiger charge is -2.30. The van der Waals surface area contributed by atoms with E-state index in [1.165, 1.54) is 25.3 Å². The third-order valence-electron chi connectivity index (χ3n) is 4.42. The molecule has 0 fully saturated rings. The van der Waals surface area contributed by atoms with Gasteiger partial charge < -0.3 is 9.47 Å². The highest BCUT2D eigenvalue weighted by Gasteiger charge is 2.44. The highest BCUT2D eigenvalue weighted by molar-refractivity contribution is 6.07. The van der Waals surface area contributed by atoms with Gasteiger partial charge in [0.2, 0.25) is 0 Å².